The molecule has 0 aliphatic carbocycles. The lowest BCUT2D eigenvalue weighted by molar-refractivity contribution is 0.159. The van der Waals surface area contributed by atoms with Gasteiger partial charge in [0.1, 0.15) is 6.10 Å². The van der Waals surface area contributed by atoms with Crippen molar-refractivity contribution < 1.29 is 4.74 Å². The molecule has 0 amide bonds. The van der Waals surface area contributed by atoms with Crippen LogP contribution in [0.5, 0.6) is 5.88 Å². The summed E-state index contributed by atoms with van der Waals surface area (Å²) in [5, 5.41) is 3.32. The largest absolute Gasteiger partial charge is 0.473 e. The summed E-state index contributed by atoms with van der Waals surface area (Å²) in [5.41, 5.74) is 1.11. The van der Waals surface area contributed by atoms with Crippen molar-refractivity contribution >= 4 is 0 Å². The molecule has 76 valence electrons. The fraction of sp³-hybridized carbons (Fsp3) is 0.545. The number of aryl methyl sites for hydroxylation is 1. The molecule has 1 aromatic heterocycles. The maximum absolute atomic E-state index is 5.81. The number of piperidine rings is 1. The van der Waals surface area contributed by atoms with Crippen LogP contribution in [0.2, 0.25) is 0 Å². The van der Waals surface area contributed by atoms with E-state index in [9.17, 15) is 0 Å². The number of pyridine rings is 1. The molecule has 0 radical (unpaired) electrons. The van der Waals surface area contributed by atoms with Gasteiger partial charge in [-0.3, -0.25) is 0 Å². The van der Waals surface area contributed by atoms with Crippen LogP contribution in [0.25, 0.3) is 0 Å². The van der Waals surface area contributed by atoms with Crippen LogP contribution in [-0.2, 0) is 0 Å². The van der Waals surface area contributed by atoms with Gasteiger partial charge in [0.25, 0.3) is 0 Å². The minimum atomic E-state index is 0.289. The highest BCUT2D eigenvalue weighted by molar-refractivity contribution is 5.23. The second-order valence-electron chi connectivity index (χ2n) is 3.71. The quantitative estimate of drug-likeness (QED) is 0.771. The van der Waals surface area contributed by atoms with Crippen LogP contribution in [0.3, 0.4) is 0 Å². The van der Waals surface area contributed by atoms with Gasteiger partial charge in [0.05, 0.1) is 0 Å². The van der Waals surface area contributed by atoms with Crippen molar-refractivity contribution in [1.29, 1.82) is 0 Å². The minimum absolute atomic E-state index is 0.289. The lowest BCUT2D eigenvalue weighted by Gasteiger charge is -2.23. The number of aromatic nitrogens is 1. The molecule has 0 bridgehead atoms. The maximum Gasteiger partial charge on any atom is 0.216 e. The van der Waals surface area contributed by atoms with E-state index >= 15 is 0 Å². The highest BCUT2D eigenvalue weighted by Crippen LogP contribution is 2.16. The molecule has 2 heterocycles. The van der Waals surface area contributed by atoms with E-state index < -0.39 is 0 Å². The standard InChI is InChI=1S/C11H16N2O/c1-9-4-2-7-13-11(9)14-10-5-3-6-12-8-10/h2,4,7,10,12H,3,5-6,8H2,1H3/t10-/m0/s1. The van der Waals surface area contributed by atoms with Crippen LogP contribution in [0.15, 0.2) is 18.3 Å². The van der Waals surface area contributed by atoms with Gasteiger partial charge in [-0.1, -0.05) is 6.07 Å². The van der Waals surface area contributed by atoms with E-state index in [0.717, 1.165) is 31.0 Å². The number of nitrogens with zero attached hydrogens (tertiary/aromatic N) is 1. The topological polar surface area (TPSA) is 34.1 Å². The van der Waals surface area contributed by atoms with Crippen LogP contribution < -0.4 is 10.1 Å². The Morgan fingerprint density at radius 2 is 2.50 bits per heavy atom. The average Bonchev–Trinajstić information content (AvgIpc) is 2.23. The summed E-state index contributed by atoms with van der Waals surface area (Å²) in [7, 11) is 0. The highest BCUT2D eigenvalue weighted by Gasteiger charge is 2.15. The molecular formula is C11H16N2O. The molecule has 1 aromatic rings. The Morgan fingerprint density at radius 3 is 3.21 bits per heavy atom. The Balaban J connectivity index is 1.99. The molecule has 0 saturated carbocycles. The van der Waals surface area contributed by atoms with Crippen LogP contribution in [-0.4, -0.2) is 24.2 Å². The van der Waals surface area contributed by atoms with Crippen molar-refractivity contribution in [1.82, 2.24) is 10.3 Å². The van der Waals surface area contributed by atoms with Crippen LogP contribution >= 0.6 is 0 Å². The molecule has 0 aromatic carbocycles. The summed E-state index contributed by atoms with van der Waals surface area (Å²) in [5.74, 6) is 0.779. The first-order valence-electron chi connectivity index (χ1n) is 5.15. The maximum atomic E-state index is 5.81. The van der Waals surface area contributed by atoms with Crippen molar-refractivity contribution in [3.63, 3.8) is 0 Å². The van der Waals surface area contributed by atoms with Gasteiger partial charge in [0.2, 0.25) is 5.88 Å². The number of nitrogens with one attached hydrogen (secondary N) is 1. The van der Waals surface area contributed by atoms with Gasteiger partial charge in [-0.15, -0.1) is 0 Å². The van der Waals surface area contributed by atoms with Gasteiger partial charge in [-0.05, 0) is 32.4 Å². The SMILES string of the molecule is Cc1cccnc1O[C@H]1CCCNC1. The Hall–Kier alpha value is -1.09. The van der Waals surface area contributed by atoms with Gasteiger partial charge in [0.15, 0.2) is 0 Å². The molecule has 3 heteroatoms. The number of rotatable bonds is 2. The fourth-order valence-electron chi connectivity index (χ4n) is 1.67. The zero-order chi connectivity index (χ0) is 9.80. The molecule has 0 unspecified atom stereocenters. The second kappa shape index (κ2) is 4.42. The van der Waals surface area contributed by atoms with E-state index in [1.807, 2.05) is 19.1 Å². The third-order valence-corrected chi connectivity index (χ3v) is 2.49. The zero-order valence-corrected chi connectivity index (χ0v) is 8.49. The van der Waals surface area contributed by atoms with Gasteiger partial charge >= 0.3 is 0 Å². The summed E-state index contributed by atoms with van der Waals surface area (Å²) in [4.78, 5) is 4.22. The molecule has 1 fully saturated rings. The molecule has 1 saturated heterocycles. The van der Waals surface area contributed by atoms with Crippen molar-refractivity contribution in [2.45, 2.75) is 25.9 Å². The molecule has 2 rings (SSSR count). The summed E-state index contributed by atoms with van der Waals surface area (Å²) < 4.78 is 5.81. The molecule has 1 aliphatic heterocycles. The van der Waals surface area contributed by atoms with Crippen LogP contribution in [0.4, 0.5) is 0 Å². The summed E-state index contributed by atoms with van der Waals surface area (Å²) in [6.45, 7) is 4.08. The van der Waals surface area contributed by atoms with Crippen LogP contribution in [0, 0.1) is 6.92 Å². The van der Waals surface area contributed by atoms with E-state index in [1.165, 1.54) is 6.42 Å². The molecule has 3 nitrogen and oxygen atoms in total. The molecule has 1 atom stereocenters. The molecule has 0 spiro atoms. The summed E-state index contributed by atoms with van der Waals surface area (Å²) in [6, 6.07) is 3.96. The molecule has 1 aliphatic rings. The smallest absolute Gasteiger partial charge is 0.216 e. The molecule has 14 heavy (non-hydrogen) atoms. The van der Waals surface area contributed by atoms with E-state index in [-0.39, 0.29) is 6.10 Å². The third-order valence-electron chi connectivity index (χ3n) is 2.49. The monoisotopic (exact) mass is 192 g/mol. The first-order valence-corrected chi connectivity index (χ1v) is 5.15. The lowest BCUT2D eigenvalue weighted by Crippen LogP contribution is -2.37. The second-order valence-corrected chi connectivity index (χ2v) is 3.71. The number of hydrogen-bond donors (Lipinski definition) is 1. The average molecular weight is 192 g/mol. The highest BCUT2D eigenvalue weighted by atomic mass is 16.5. The lowest BCUT2D eigenvalue weighted by atomic mass is 10.1. The van der Waals surface area contributed by atoms with E-state index in [0.29, 0.717) is 0 Å². The van der Waals surface area contributed by atoms with Gasteiger partial charge < -0.3 is 10.1 Å². The Bertz CT molecular complexity index is 295. The van der Waals surface area contributed by atoms with Crippen molar-refractivity contribution in [3.8, 4) is 5.88 Å². The fourth-order valence-corrected chi connectivity index (χ4v) is 1.67. The molecule has 1 N–H and O–H groups in total. The predicted octanol–water partition coefficient (Wildman–Crippen LogP) is 1.52. The van der Waals surface area contributed by atoms with Crippen molar-refractivity contribution in [2.75, 3.05) is 13.1 Å². The normalized spacial score (nSPS) is 21.9. The van der Waals surface area contributed by atoms with E-state index in [4.69, 9.17) is 4.74 Å². The van der Waals surface area contributed by atoms with Crippen molar-refractivity contribution in [2.24, 2.45) is 0 Å². The molecular weight excluding hydrogens is 176 g/mol. The van der Waals surface area contributed by atoms with Crippen molar-refractivity contribution in [3.05, 3.63) is 23.9 Å². The number of ether oxygens (including phenoxy) is 1. The van der Waals surface area contributed by atoms with Gasteiger partial charge in [0, 0.05) is 18.3 Å². The predicted molar refractivity (Wildman–Crippen MR) is 55.5 cm³/mol. The third kappa shape index (κ3) is 2.23. The Morgan fingerprint density at radius 1 is 1.57 bits per heavy atom. The van der Waals surface area contributed by atoms with Crippen LogP contribution in [0.1, 0.15) is 18.4 Å². The van der Waals surface area contributed by atoms with Gasteiger partial charge in [-0.25, -0.2) is 4.98 Å². The first-order chi connectivity index (χ1) is 6.86. The first kappa shape index (κ1) is 9.46. The van der Waals surface area contributed by atoms with E-state index in [2.05, 4.69) is 10.3 Å². The Labute approximate surface area is 84.5 Å². The summed E-state index contributed by atoms with van der Waals surface area (Å²) in [6.07, 6.45) is 4.38. The van der Waals surface area contributed by atoms with E-state index in [1.54, 1.807) is 6.20 Å². The van der Waals surface area contributed by atoms with Gasteiger partial charge in [-0.2, -0.15) is 0 Å². The zero-order valence-electron chi connectivity index (χ0n) is 8.49. The number of hydrogen-bond acceptors (Lipinski definition) is 3. The Kier molecular flexibility index (Phi) is 2.99. The summed E-state index contributed by atoms with van der Waals surface area (Å²) >= 11 is 0. The minimum Gasteiger partial charge on any atom is -0.473 e.